The van der Waals surface area contributed by atoms with Crippen molar-refractivity contribution in [3.05, 3.63) is 0 Å². The number of carbonyl (C=O) groups excluding carboxylic acids is 3. The Labute approximate surface area is 137 Å². The largest absolute Gasteiger partial charge is 0.481 e. The van der Waals surface area contributed by atoms with Crippen molar-refractivity contribution >= 4 is 23.9 Å². The number of ether oxygens (including phenoxy) is 4. The van der Waals surface area contributed by atoms with Gasteiger partial charge < -0.3 is 29.2 Å². The van der Waals surface area contributed by atoms with Gasteiger partial charge >= 0.3 is 23.9 Å². The molecule has 24 heavy (non-hydrogen) atoms. The second-order valence-corrected chi connectivity index (χ2v) is 5.25. The molecule has 1 heterocycles. The fourth-order valence-electron chi connectivity index (χ4n) is 2.34. The minimum Gasteiger partial charge on any atom is -0.481 e. The second-order valence-electron chi connectivity index (χ2n) is 5.25. The van der Waals surface area contributed by atoms with Crippen LogP contribution in [0.5, 0.6) is 0 Å². The predicted molar refractivity (Wildman–Crippen MR) is 74.7 cm³/mol. The summed E-state index contributed by atoms with van der Waals surface area (Å²) >= 11 is 0. The van der Waals surface area contributed by atoms with Crippen molar-refractivity contribution in [1.82, 2.24) is 0 Å². The molecule has 0 aliphatic carbocycles. The molecule has 2 N–H and O–H groups in total. The summed E-state index contributed by atoms with van der Waals surface area (Å²) in [6.07, 6.45) is -7.06. The van der Waals surface area contributed by atoms with E-state index in [1.807, 2.05) is 0 Å². The van der Waals surface area contributed by atoms with Crippen molar-refractivity contribution in [1.29, 1.82) is 0 Å². The molecule has 5 atom stereocenters. The van der Waals surface area contributed by atoms with Gasteiger partial charge in [-0.05, 0) is 0 Å². The number of rotatable bonds is 6. The topological polar surface area (TPSA) is 146 Å². The molecular weight excluding hydrogens is 328 g/mol. The van der Waals surface area contributed by atoms with Crippen LogP contribution >= 0.6 is 0 Å². The van der Waals surface area contributed by atoms with Crippen LogP contribution in [0.2, 0.25) is 0 Å². The first-order chi connectivity index (χ1) is 11.1. The van der Waals surface area contributed by atoms with Crippen LogP contribution in [0, 0.1) is 0 Å². The van der Waals surface area contributed by atoms with E-state index in [0.717, 1.165) is 20.8 Å². The highest BCUT2D eigenvalue weighted by Gasteiger charge is 2.50. The van der Waals surface area contributed by atoms with Gasteiger partial charge in [-0.2, -0.15) is 0 Å². The summed E-state index contributed by atoms with van der Waals surface area (Å²) in [5.41, 5.74) is 0. The van der Waals surface area contributed by atoms with Gasteiger partial charge in [0, 0.05) is 20.8 Å². The number of hydrogen-bond donors (Lipinski definition) is 2. The average molecular weight is 348 g/mol. The summed E-state index contributed by atoms with van der Waals surface area (Å²) in [4.78, 5) is 44.5. The summed E-state index contributed by atoms with van der Waals surface area (Å²) in [7, 11) is 0. The zero-order valence-electron chi connectivity index (χ0n) is 13.5. The van der Waals surface area contributed by atoms with Crippen LogP contribution in [0.25, 0.3) is 0 Å². The molecule has 0 spiro atoms. The van der Waals surface area contributed by atoms with E-state index in [-0.39, 0.29) is 6.61 Å². The van der Waals surface area contributed by atoms with Crippen LogP contribution < -0.4 is 0 Å². The lowest BCUT2D eigenvalue weighted by Crippen LogP contribution is -2.61. The maximum Gasteiger partial charge on any atom is 0.306 e. The molecule has 0 aromatic rings. The van der Waals surface area contributed by atoms with E-state index in [2.05, 4.69) is 0 Å². The lowest BCUT2D eigenvalue weighted by molar-refractivity contribution is -0.248. The standard InChI is InChI=1S/C14H20O10/c1-6(15)21-5-10-12(20)14(23-8(3)17)13(22-7(2)16)9(24-10)4-11(18)19/h9-10,12-14,20H,4-5H2,1-3H3,(H,18,19)/t9-,10-,12-,13-,14+/m1/s1. The van der Waals surface area contributed by atoms with Gasteiger partial charge in [0.2, 0.25) is 0 Å². The monoisotopic (exact) mass is 348 g/mol. The van der Waals surface area contributed by atoms with Gasteiger partial charge in [-0.15, -0.1) is 0 Å². The normalized spacial score (nSPS) is 29.4. The van der Waals surface area contributed by atoms with Crippen LogP contribution in [-0.4, -0.2) is 71.2 Å². The number of carbonyl (C=O) groups is 4. The first kappa shape index (κ1) is 19.8. The Morgan fingerprint density at radius 1 is 0.917 bits per heavy atom. The Kier molecular flexibility index (Phi) is 7.11. The maximum absolute atomic E-state index is 11.3. The molecule has 0 bridgehead atoms. The zero-order valence-corrected chi connectivity index (χ0v) is 13.5. The van der Waals surface area contributed by atoms with Crippen LogP contribution in [0.4, 0.5) is 0 Å². The number of carboxylic acids is 1. The summed E-state index contributed by atoms with van der Waals surface area (Å²) in [6.45, 7) is 2.94. The van der Waals surface area contributed by atoms with E-state index in [0.29, 0.717) is 0 Å². The number of aliphatic hydroxyl groups excluding tert-OH is 1. The Morgan fingerprint density at radius 3 is 1.92 bits per heavy atom. The molecule has 1 rings (SSSR count). The van der Waals surface area contributed by atoms with E-state index < -0.39 is 60.8 Å². The molecule has 10 heteroatoms. The number of esters is 3. The third-order valence-corrected chi connectivity index (χ3v) is 3.19. The average Bonchev–Trinajstić information content (AvgIpc) is 2.42. The minimum atomic E-state index is -1.48. The first-order valence-corrected chi connectivity index (χ1v) is 7.15. The number of carboxylic acid groups (broad SMARTS) is 1. The van der Waals surface area contributed by atoms with Crippen molar-refractivity contribution < 1.29 is 48.3 Å². The minimum absolute atomic E-state index is 0.378. The number of aliphatic carboxylic acids is 1. The Balaban J connectivity index is 3.07. The van der Waals surface area contributed by atoms with Gasteiger partial charge in [-0.3, -0.25) is 19.2 Å². The van der Waals surface area contributed by atoms with Crippen LogP contribution in [-0.2, 0) is 38.1 Å². The molecule has 0 radical (unpaired) electrons. The highest BCUT2D eigenvalue weighted by atomic mass is 16.6. The Hall–Kier alpha value is -2.20. The molecule has 0 amide bonds. The summed E-state index contributed by atoms with van der Waals surface area (Å²) < 4.78 is 20.1. The predicted octanol–water partition coefficient (Wildman–Crippen LogP) is -0.984. The molecule has 1 aliphatic rings. The fraction of sp³-hybridized carbons (Fsp3) is 0.714. The molecule has 10 nitrogen and oxygen atoms in total. The lowest BCUT2D eigenvalue weighted by Gasteiger charge is -2.42. The first-order valence-electron chi connectivity index (χ1n) is 7.15. The highest BCUT2D eigenvalue weighted by molar-refractivity contribution is 5.69. The summed E-state index contributed by atoms with van der Waals surface area (Å²) in [6, 6.07) is 0. The second kappa shape index (κ2) is 8.60. The van der Waals surface area contributed by atoms with Gasteiger partial charge in [0.25, 0.3) is 0 Å². The van der Waals surface area contributed by atoms with E-state index in [1.54, 1.807) is 0 Å². The Morgan fingerprint density at radius 2 is 1.46 bits per heavy atom. The van der Waals surface area contributed by atoms with Gasteiger partial charge in [-0.1, -0.05) is 0 Å². The molecular formula is C14H20O10. The molecule has 0 unspecified atom stereocenters. The van der Waals surface area contributed by atoms with Crippen molar-refractivity contribution in [2.75, 3.05) is 6.61 Å². The summed E-state index contributed by atoms with van der Waals surface area (Å²) in [5.74, 6) is -3.41. The van der Waals surface area contributed by atoms with Crippen molar-refractivity contribution in [2.24, 2.45) is 0 Å². The molecule has 0 saturated carbocycles. The van der Waals surface area contributed by atoms with E-state index in [1.165, 1.54) is 0 Å². The SMILES string of the molecule is CC(=O)OC[C@H]1O[C@H](CC(=O)O)[C@@H](OC(C)=O)[C@@H](OC(C)=O)[C@@H]1O. The van der Waals surface area contributed by atoms with Gasteiger partial charge in [0.05, 0.1) is 6.42 Å². The van der Waals surface area contributed by atoms with Crippen LogP contribution in [0.15, 0.2) is 0 Å². The molecule has 1 aliphatic heterocycles. The van der Waals surface area contributed by atoms with Gasteiger partial charge in [-0.25, -0.2) is 0 Å². The van der Waals surface area contributed by atoms with E-state index in [4.69, 9.17) is 24.1 Å². The Bertz CT molecular complexity index is 502. The van der Waals surface area contributed by atoms with E-state index in [9.17, 15) is 24.3 Å². The van der Waals surface area contributed by atoms with Crippen LogP contribution in [0.1, 0.15) is 27.2 Å². The quantitative estimate of drug-likeness (QED) is 0.453. The van der Waals surface area contributed by atoms with Crippen LogP contribution in [0.3, 0.4) is 0 Å². The van der Waals surface area contributed by atoms with Crippen molar-refractivity contribution in [2.45, 2.75) is 57.7 Å². The highest BCUT2D eigenvalue weighted by Crippen LogP contribution is 2.28. The summed E-state index contributed by atoms with van der Waals surface area (Å²) in [5, 5.41) is 19.3. The smallest absolute Gasteiger partial charge is 0.306 e. The molecule has 1 saturated heterocycles. The lowest BCUT2D eigenvalue weighted by atomic mass is 9.93. The van der Waals surface area contributed by atoms with Gasteiger partial charge in [0.15, 0.2) is 12.2 Å². The number of hydrogen-bond acceptors (Lipinski definition) is 9. The molecule has 0 aromatic carbocycles. The molecule has 136 valence electrons. The van der Waals surface area contributed by atoms with E-state index >= 15 is 0 Å². The molecule has 1 fully saturated rings. The third kappa shape index (κ3) is 5.78. The zero-order chi connectivity index (χ0) is 18.4. The maximum atomic E-state index is 11.3. The molecule has 0 aromatic heterocycles. The van der Waals surface area contributed by atoms with Crippen molar-refractivity contribution in [3.63, 3.8) is 0 Å². The fourth-order valence-corrected chi connectivity index (χ4v) is 2.34. The third-order valence-electron chi connectivity index (χ3n) is 3.19. The van der Waals surface area contributed by atoms with Crippen molar-refractivity contribution in [3.8, 4) is 0 Å². The van der Waals surface area contributed by atoms with Gasteiger partial charge in [0.1, 0.15) is 24.9 Å². The number of aliphatic hydroxyl groups is 1.